The van der Waals surface area contributed by atoms with E-state index in [0.29, 0.717) is 38.4 Å². The van der Waals surface area contributed by atoms with E-state index in [2.05, 4.69) is 10.3 Å². The fourth-order valence-corrected chi connectivity index (χ4v) is 3.41. The SMILES string of the molecule is Cc1cc(C(=O)O/N=C(\N)c2cccc(Cl)c2Cl)nn1Cc1c(Cl)cccc1Cl. The Morgan fingerprint density at radius 1 is 1.10 bits per heavy atom. The Morgan fingerprint density at radius 2 is 1.72 bits per heavy atom. The first kappa shape index (κ1) is 21.5. The molecule has 10 heteroatoms. The molecular formula is C19H14Cl4N4O2. The fraction of sp³-hybridized carbons (Fsp3) is 0.105. The molecule has 150 valence electrons. The summed E-state index contributed by atoms with van der Waals surface area (Å²) < 4.78 is 1.59. The van der Waals surface area contributed by atoms with Crippen LogP contribution in [0.2, 0.25) is 20.1 Å². The summed E-state index contributed by atoms with van der Waals surface area (Å²) in [5.74, 6) is -0.872. The van der Waals surface area contributed by atoms with E-state index >= 15 is 0 Å². The maximum atomic E-state index is 12.3. The lowest BCUT2D eigenvalue weighted by Gasteiger charge is -2.08. The summed E-state index contributed by atoms with van der Waals surface area (Å²) in [4.78, 5) is 17.2. The smallest absolute Gasteiger partial charge is 0.380 e. The molecule has 0 saturated heterocycles. The van der Waals surface area contributed by atoms with E-state index in [1.54, 1.807) is 54.1 Å². The first-order valence-corrected chi connectivity index (χ1v) is 9.75. The van der Waals surface area contributed by atoms with Crippen LogP contribution in [-0.2, 0) is 11.4 Å². The number of carbonyl (C=O) groups is 1. The molecule has 2 aromatic carbocycles. The maximum Gasteiger partial charge on any atom is 0.385 e. The van der Waals surface area contributed by atoms with Crippen LogP contribution >= 0.6 is 46.4 Å². The van der Waals surface area contributed by atoms with E-state index in [0.717, 1.165) is 0 Å². The quantitative estimate of drug-likeness (QED) is 0.236. The summed E-state index contributed by atoms with van der Waals surface area (Å²) in [5.41, 5.74) is 7.65. The molecule has 0 aliphatic rings. The van der Waals surface area contributed by atoms with Crippen LogP contribution in [0.4, 0.5) is 0 Å². The monoisotopic (exact) mass is 470 g/mol. The highest BCUT2D eigenvalue weighted by Gasteiger charge is 2.17. The summed E-state index contributed by atoms with van der Waals surface area (Å²) in [5, 5.41) is 9.40. The summed E-state index contributed by atoms with van der Waals surface area (Å²) in [7, 11) is 0. The highest BCUT2D eigenvalue weighted by Crippen LogP contribution is 2.26. The van der Waals surface area contributed by atoms with Crippen LogP contribution in [0.5, 0.6) is 0 Å². The Bertz CT molecular complexity index is 1090. The van der Waals surface area contributed by atoms with Gasteiger partial charge in [0, 0.05) is 26.9 Å². The Morgan fingerprint density at radius 3 is 2.41 bits per heavy atom. The average molecular weight is 472 g/mol. The van der Waals surface area contributed by atoms with Crippen molar-refractivity contribution in [1.29, 1.82) is 0 Å². The standard InChI is InChI=1S/C19H14Cl4N4O2/c1-10-8-16(25-27(10)9-12-13(20)5-3-6-14(12)21)19(28)29-26-18(24)11-4-2-7-15(22)17(11)23/h2-8H,9H2,1H3,(H2,24,26). The van der Waals surface area contributed by atoms with E-state index in [1.165, 1.54) is 0 Å². The zero-order valence-corrected chi connectivity index (χ0v) is 18.0. The Labute approximate surface area is 186 Å². The molecule has 0 aliphatic carbocycles. The average Bonchev–Trinajstić information content (AvgIpc) is 3.05. The van der Waals surface area contributed by atoms with E-state index in [9.17, 15) is 4.79 Å². The number of hydrogen-bond acceptors (Lipinski definition) is 4. The highest BCUT2D eigenvalue weighted by molar-refractivity contribution is 6.44. The lowest BCUT2D eigenvalue weighted by atomic mass is 10.2. The van der Waals surface area contributed by atoms with E-state index < -0.39 is 5.97 Å². The molecule has 0 spiro atoms. The number of nitrogens with two attached hydrogens (primary N) is 1. The van der Waals surface area contributed by atoms with Gasteiger partial charge in [-0.3, -0.25) is 4.68 Å². The number of amidine groups is 1. The van der Waals surface area contributed by atoms with E-state index in [-0.39, 0.29) is 16.6 Å². The lowest BCUT2D eigenvalue weighted by Crippen LogP contribution is -2.16. The van der Waals surface area contributed by atoms with Gasteiger partial charge in [-0.05, 0) is 37.3 Å². The minimum absolute atomic E-state index is 0.0550. The van der Waals surface area contributed by atoms with E-state index in [4.69, 9.17) is 57.0 Å². The van der Waals surface area contributed by atoms with Crippen LogP contribution in [-0.4, -0.2) is 21.6 Å². The normalized spacial score (nSPS) is 11.6. The first-order valence-electron chi connectivity index (χ1n) is 8.24. The molecule has 0 fully saturated rings. The molecule has 0 unspecified atom stereocenters. The molecule has 2 N–H and O–H groups in total. The van der Waals surface area contributed by atoms with Crippen LogP contribution in [0.15, 0.2) is 47.6 Å². The molecule has 3 rings (SSSR count). The Balaban J connectivity index is 1.77. The number of benzene rings is 2. The molecule has 0 atom stereocenters. The summed E-state index contributed by atoms with van der Waals surface area (Å²) in [6.45, 7) is 2.08. The number of aromatic nitrogens is 2. The maximum absolute atomic E-state index is 12.3. The number of carbonyl (C=O) groups excluding carboxylic acids is 1. The molecule has 1 aromatic heterocycles. The number of rotatable bonds is 5. The summed E-state index contributed by atoms with van der Waals surface area (Å²) in [6, 6.07) is 11.6. The minimum Gasteiger partial charge on any atom is -0.380 e. The van der Waals surface area contributed by atoms with Gasteiger partial charge in [-0.25, -0.2) is 4.79 Å². The van der Waals surface area contributed by atoms with Crippen molar-refractivity contribution in [1.82, 2.24) is 9.78 Å². The van der Waals surface area contributed by atoms with Gasteiger partial charge in [-0.1, -0.05) is 63.7 Å². The second-order valence-corrected chi connectivity index (χ2v) is 7.59. The lowest BCUT2D eigenvalue weighted by molar-refractivity contribution is 0.0508. The molecule has 0 aliphatic heterocycles. The van der Waals surface area contributed by atoms with Gasteiger partial charge < -0.3 is 10.6 Å². The fourth-order valence-electron chi connectivity index (χ4n) is 2.49. The number of aryl methyl sites for hydroxylation is 1. The predicted molar refractivity (Wildman–Crippen MR) is 115 cm³/mol. The summed E-state index contributed by atoms with van der Waals surface area (Å²) >= 11 is 24.4. The van der Waals surface area contributed by atoms with Crippen LogP contribution < -0.4 is 5.73 Å². The third-order valence-electron chi connectivity index (χ3n) is 4.01. The van der Waals surface area contributed by atoms with Gasteiger partial charge in [-0.15, -0.1) is 0 Å². The topological polar surface area (TPSA) is 82.5 Å². The van der Waals surface area contributed by atoms with Crippen molar-refractivity contribution < 1.29 is 9.63 Å². The van der Waals surface area contributed by atoms with Crippen molar-refractivity contribution in [3.63, 3.8) is 0 Å². The van der Waals surface area contributed by atoms with E-state index in [1.807, 2.05) is 0 Å². The van der Waals surface area contributed by atoms with Crippen molar-refractivity contribution in [2.45, 2.75) is 13.5 Å². The molecule has 29 heavy (non-hydrogen) atoms. The number of hydrogen-bond donors (Lipinski definition) is 1. The van der Waals surface area contributed by atoms with Gasteiger partial charge in [0.2, 0.25) is 0 Å². The van der Waals surface area contributed by atoms with Gasteiger partial charge in [0.1, 0.15) is 0 Å². The molecule has 0 saturated carbocycles. The zero-order valence-electron chi connectivity index (χ0n) is 15.0. The van der Waals surface area contributed by atoms with Crippen LogP contribution in [0, 0.1) is 6.92 Å². The number of halogens is 4. The first-order chi connectivity index (χ1) is 13.8. The Kier molecular flexibility index (Phi) is 6.70. The van der Waals surface area contributed by atoms with Crippen molar-refractivity contribution in [2.24, 2.45) is 10.9 Å². The third kappa shape index (κ3) is 4.85. The van der Waals surface area contributed by atoms with Gasteiger partial charge in [0.05, 0.1) is 16.6 Å². The van der Waals surface area contributed by atoms with Crippen molar-refractivity contribution >= 4 is 58.2 Å². The molecule has 3 aromatic rings. The molecule has 0 bridgehead atoms. The molecule has 6 nitrogen and oxygen atoms in total. The van der Waals surface area contributed by atoms with Gasteiger partial charge >= 0.3 is 5.97 Å². The van der Waals surface area contributed by atoms with Gasteiger partial charge in [0.15, 0.2) is 11.5 Å². The third-order valence-corrected chi connectivity index (χ3v) is 5.54. The van der Waals surface area contributed by atoms with Crippen molar-refractivity contribution in [2.75, 3.05) is 0 Å². The number of oxime groups is 1. The largest absolute Gasteiger partial charge is 0.385 e. The van der Waals surface area contributed by atoms with Crippen LogP contribution in [0.1, 0.15) is 27.3 Å². The van der Waals surface area contributed by atoms with Crippen molar-refractivity contribution in [3.8, 4) is 0 Å². The number of nitrogens with zero attached hydrogens (tertiary/aromatic N) is 3. The molecule has 1 heterocycles. The predicted octanol–water partition coefficient (Wildman–Crippen LogP) is 5.33. The highest BCUT2D eigenvalue weighted by atomic mass is 35.5. The van der Waals surface area contributed by atoms with Gasteiger partial charge in [0.25, 0.3) is 0 Å². The van der Waals surface area contributed by atoms with Crippen molar-refractivity contribution in [3.05, 3.63) is 85.1 Å². The minimum atomic E-state index is -0.779. The second kappa shape index (κ2) is 9.05. The second-order valence-electron chi connectivity index (χ2n) is 5.99. The molecular weight excluding hydrogens is 458 g/mol. The van der Waals surface area contributed by atoms with Gasteiger partial charge in [-0.2, -0.15) is 5.10 Å². The Hall–Kier alpha value is -2.25. The molecule has 0 amide bonds. The summed E-state index contributed by atoms with van der Waals surface area (Å²) in [6.07, 6.45) is 0. The van der Waals surface area contributed by atoms with Crippen LogP contribution in [0.3, 0.4) is 0 Å². The molecule has 0 radical (unpaired) electrons. The van der Waals surface area contributed by atoms with Crippen LogP contribution in [0.25, 0.3) is 0 Å². The zero-order chi connectivity index (χ0) is 21.1.